The molecule has 1 aliphatic heterocycles. The van der Waals surface area contributed by atoms with Gasteiger partial charge in [0.25, 0.3) is 5.91 Å². The number of carbonyl (C=O) groups excluding carboxylic acids is 1. The van der Waals surface area contributed by atoms with E-state index in [1.54, 1.807) is 12.1 Å². The van der Waals surface area contributed by atoms with Crippen LogP contribution in [0.3, 0.4) is 0 Å². The zero-order valence-electron chi connectivity index (χ0n) is 19.9. The van der Waals surface area contributed by atoms with Crippen LogP contribution in [0.5, 0.6) is 5.75 Å². The summed E-state index contributed by atoms with van der Waals surface area (Å²) in [6.07, 6.45) is 4.56. The number of aromatic nitrogens is 2. The molecule has 0 spiro atoms. The number of rotatable bonds is 5. The minimum atomic E-state index is -0.521. The summed E-state index contributed by atoms with van der Waals surface area (Å²) in [5.41, 5.74) is 11.3. The standard InChI is InChI=1S/C28H29N5O2/c1-18-25(22-10-9-20-6-2-3-7-21(20)16-22)26(27(30)34)31-32-28(18)33-13-11-23(12-14-33)35-24-8-4-5-19(15-24)17-29/h2-8,15,22-23H,9-14,16H2,1H3,(H2,30,34). The second kappa shape index (κ2) is 9.75. The van der Waals surface area contributed by atoms with E-state index in [0.29, 0.717) is 11.3 Å². The van der Waals surface area contributed by atoms with Crippen LogP contribution in [0.15, 0.2) is 48.5 Å². The Labute approximate surface area is 205 Å². The first kappa shape index (κ1) is 22.9. The summed E-state index contributed by atoms with van der Waals surface area (Å²) in [6, 6.07) is 17.9. The van der Waals surface area contributed by atoms with Gasteiger partial charge in [-0.05, 0) is 72.6 Å². The number of benzene rings is 2. The van der Waals surface area contributed by atoms with Gasteiger partial charge in [0.1, 0.15) is 11.9 Å². The zero-order chi connectivity index (χ0) is 24.4. The highest BCUT2D eigenvalue weighted by molar-refractivity contribution is 5.93. The number of aryl methyl sites for hydroxylation is 1. The summed E-state index contributed by atoms with van der Waals surface area (Å²) in [7, 11) is 0. The summed E-state index contributed by atoms with van der Waals surface area (Å²) < 4.78 is 6.14. The van der Waals surface area contributed by atoms with Crippen LogP contribution in [0, 0.1) is 18.3 Å². The van der Waals surface area contributed by atoms with Crippen molar-refractivity contribution in [1.82, 2.24) is 10.2 Å². The van der Waals surface area contributed by atoms with Gasteiger partial charge in [0.15, 0.2) is 11.5 Å². The lowest BCUT2D eigenvalue weighted by atomic mass is 9.78. The van der Waals surface area contributed by atoms with Crippen molar-refractivity contribution in [3.63, 3.8) is 0 Å². The molecule has 2 N–H and O–H groups in total. The summed E-state index contributed by atoms with van der Waals surface area (Å²) in [4.78, 5) is 14.5. The van der Waals surface area contributed by atoms with Crippen molar-refractivity contribution >= 4 is 11.7 Å². The molecule has 2 heterocycles. The molecule has 0 saturated carbocycles. The molecule has 1 aliphatic carbocycles. The van der Waals surface area contributed by atoms with E-state index in [1.165, 1.54) is 11.1 Å². The van der Waals surface area contributed by atoms with Crippen LogP contribution in [-0.4, -0.2) is 35.3 Å². The third-order valence-corrected chi connectivity index (χ3v) is 7.24. The fourth-order valence-electron chi connectivity index (χ4n) is 5.47. The predicted molar refractivity (Wildman–Crippen MR) is 134 cm³/mol. The molecule has 3 aromatic rings. The number of primary amides is 1. The van der Waals surface area contributed by atoms with Crippen molar-refractivity contribution in [2.45, 2.75) is 51.0 Å². The Morgan fingerprint density at radius 1 is 1.09 bits per heavy atom. The number of ether oxygens (including phenoxy) is 1. The molecule has 1 atom stereocenters. The Balaban J connectivity index is 1.35. The highest BCUT2D eigenvalue weighted by Gasteiger charge is 2.30. The SMILES string of the molecule is Cc1c(N2CCC(Oc3cccc(C#N)c3)CC2)nnc(C(N)=O)c1C1CCc2ccccc2C1. The van der Waals surface area contributed by atoms with Gasteiger partial charge in [-0.1, -0.05) is 30.3 Å². The van der Waals surface area contributed by atoms with Crippen molar-refractivity contribution in [3.05, 3.63) is 82.0 Å². The zero-order valence-corrected chi connectivity index (χ0v) is 19.9. The van der Waals surface area contributed by atoms with Gasteiger partial charge in [-0.15, -0.1) is 10.2 Å². The molecule has 2 aromatic carbocycles. The molecule has 7 nitrogen and oxygen atoms in total. The molecule has 2 aliphatic rings. The van der Waals surface area contributed by atoms with Gasteiger partial charge in [-0.2, -0.15) is 5.26 Å². The molecule has 1 amide bonds. The van der Waals surface area contributed by atoms with Crippen LogP contribution >= 0.6 is 0 Å². The summed E-state index contributed by atoms with van der Waals surface area (Å²) in [5, 5.41) is 17.9. The number of anilines is 1. The maximum absolute atomic E-state index is 12.3. The van der Waals surface area contributed by atoms with Gasteiger partial charge in [0.2, 0.25) is 0 Å². The van der Waals surface area contributed by atoms with Gasteiger partial charge >= 0.3 is 0 Å². The number of nitrogens with two attached hydrogens (primary N) is 1. The van der Waals surface area contributed by atoms with Crippen LogP contribution in [0.25, 0.3) is 0 Å². The number of fused-ring (bicyclic) bond motifs is 1. The Hall–Kier alpha value is -3.92. The van der Waals surface area contributed by atoms with E-state index < -0.39 is 5.91 Å². The highest BCUT2D eigenvalue weighted by atomic mass is 16.5. The highest BCUT2D eigenvalue weighted by Crippen LogP contribution is 2.38. The molecule has 1 saturated heterocycles. The van der Waals surface area contributed by atoms with Crippen LogP contribution in [0.4, 0.5) is 5.82 Å². The average Bonchev–Trinajstić information content (AvgIpc) is 2.89. The first-order chi connectivity index (χ1) is 17.0. The molecule has 5 rings (SSSR count). The van der Waals surface area contributed by atoms with Crippen LogP contribution in [0.1, 0.15) is 63.5 Å². The van der Waals surface area contributed by atoms with Crippen molar-refractivity contribution in [2.24, 2.45) is 5.73 Å². The Morgan fingerprint density at radius 2 is 1.86 bits per heavy atom. The van der Waals surface area contributed by atoms with Crippen LogP contribution < -0.4 is 15.4 Å². The number of piperidine rings is 1. The minimum Gasteiger partial charge on any atom is -0.490 e. The second-order valence-corrected chi connectivity index (χ2v) is 9.43. The lowest BCUT2D eigenvalue weighted by molar-refractivity contribution is 0.0992. The number of amides is 1. The second-order valence-electron chi connectivity index (χ2n) is 9.43. The van der Waals surface area contributed by atoms with E-state index in [9.17, 15) is 4.79 Å². The summed E-state index contributed by atoms with van der Waals surface area (Å²) in [6.45, 7) is 3.60. The molecule has 1 aromatic heterocycles. The number of hydrogen-bond donors (Lipinski definition) is 1. The fourth-order valence-corrected chi connectivity index (χ4v) is 5.47. The molecule has 7 heteroatoms. The van der Waals surface area contributed by atoms with E-state index in [2.05, 4.69) is 45.4 Å². The quantitative estimate of drug-likeness (QED) is 0.606. The molecule has 35 heavy (non-hydrogen) atoms. The van der Waals surface area contributed by atoms with Gasteiger partial charge in [-0.25, -0.2) is 0 Å². The van der Waals surface area contributed by atoms with Crippen LogP contribution in [-0.2, 0) is 12.8 Å². The topological polar surface area (TPSA) is 105 Å². The summed E-state index contributed by atoms with van der Waals surface area (Å²) in [5.74, 6) is 1.22. The lowest BCUT2D eigenvalue weighted by Gasteiger charge is -2.35. The fraction of sp³-hybridized carbons (Fsp3) is 0.357. The number of nitriles is 1. The molecule has 0 radical (unpaired) electrons. The monoisotopic (exact) mass is 467 g/mol. The lowest BCUT2D eigenvalue weighted by Crippen LogP contribution is -2.39. The van der Waals surface area contributed by atoms with Crippen molar-refractivity contribution in [1.29, 1.82) is 5.26 Å². The first-order valence-electron chi connectivity index (χ1n) is 12.2. The molecule has 178 valence electrons. The third-order valence-electron chi connectivity index (χ3n) is 7.24. The minimum absolute atomic E-state index is 0.0765. The molecule has 1 fully saturated rings. The Bertz CT molecular complexity index is 1290. The number of carbonyl (C=O) groups is 1. The van der Waals surface area contributed by atoms with Crippen molar-refractivity contribution in [3.8, 4) is 11.8 Å². The van der Waals surface area contributed by atoms with Gasteiger partial charge in [0.05, 0.1) is 11.6 Å². The molecule has 1 unspecified atom stereocenters. The van der Waals surface area contributed by atoms with E-state index in [1.807, 2.05) is 19.1 Å². The van der Waals surface area contributed by atoms with Gasteiger partial charge < -0.3 is 15.4 Å². The molecular formula is C28H29N5O2. The van der Waals surface area contributed by atoms with E-state index in [-0.39, 0.29) is 12.0 Å². The Kier molecular flexibility index (Phi) is 6.37. The smallest absolute Gasteiger partial charge is 0.269 e. The number of nitrogens with zero attached hydrogens (tertiary/aromatic N) is 4. The molecule has 0 bridgehead atoms. The maximum Gasteiger partial charge on any atom is 0.269 e. The van der Waals surface area contributed by atoms with Crippen LogP contribution in [0.2, 0.25) is 0 Å². The predicted octanol–water partition coefficient (Wildman–Crippen LogP) is 4.08. The largest absolute Gasteiger partial charge is 0.490 e. The summed E-state index contributed by atoms with van der Waals surface area (Å²) >= 11 is 0. The third kappa shape index (κ3) is 4.69. The van der Waals surface area contributed by atoms with Crippen molar-refractivity contribution in [2.75, 3.05) is 18.0 Å². The van der Waals surface area contributed by atoms with Crippen molar-refractivity contribution < 1.29 is 9.53 Å². The van der Waals surface area contributed by atoms with E-state index in [4.69, 9.17) is 15.7 Å². The average molecular weight is 468 g/mol. The first-order valence-corrected chi connectivity index (χ1v) is 12.2. The van der Waals surface area contributed by atoms with E-state index >= 15 is 0 Å². The Morgan fingerprint density at radius 3 is 2.60 bits per heavy atom. The number of hydrogen-bond acceptors (Lipinski definition) is 6. The normalized spacial score (nSPS) is 17.9. The van der Waals surface area contributed by atoms with Gasteiger partial charge in [-0.3, -0.25) is 4.79 Å². The van der Waals surface area contributed by atoms with Gasteiger partial charge in [0, 0.05) is 25.9 Å². The van der Waals surface area contributed by atoms with E-state index in [0.717, 1.165) is 67.9 Å². The molecular weight excluding hydrogens is 438 g/mol. The maximum atomic E-state index is 12.3.